The first-order valence-corrected chi connectivity index (χ1v) is 8.14. The van der Waals surface area contributed by atoms with Crippen LogP contribution in [-0.4, -0.2) is 12.2 Å². The minimum Gasteiger partial charge on any atom is -0.497 e. The molecule has 2 atom stereocenters. The molecule has 21 heavy (non-hydrogen) atoms. The van der Waals surface area contributed by atoms with E-state index in [0.29, 0.717) is 12.2 Å². The van der Waals surface area contributed by atoms with Crippen LogP contribution in [0.3, 0.4) is 0 Å². The van der Waals surface area contributed by atoms with Crippen molar-refractivity contribution in [1.29, 1.82) is 0 Å². The molecule has 1 N–H and O–H groups in total. The van der Waals surface area contributed by atoms with Gasteiger partial charge in [0.2, 0.25) is 0 Å². The number of fused-ring (bicyclic) bond motifs is 1. The second-order valence-corrected chi connectivity index (χ2v) is 6.70. The number of aliphatic hydroxyl groups excluding tert-OH is 1. The van der Waals surface area contributed by atoms with E-state index in [0.717, 1.165) is 25.8 Å². The van der Waals surface area contributed by atoms with Crippen LogP contribution in [0.15, 0.2) is 45.3 Å². The van der Waals surface area contributed by atoms with Gasteiger partial charge in [-0.05, 0) is 30.3 Å². The number of benzene rings is 2. The third-order valence-corrected chi connectivity index (χ3v) is 4.81. The van der Waals surface area contributed by atoms with Crippen molar-refractivity contribution in [2.45, 2.75) is 18.6 Å². The molecule has 1 aliphatic heterocycles. The van der Waals surface area contributed by atoms with Gasteiger partial charge in [-0.3, -0.25) is 0 Å². The maximum atomic E-state index is 10.4. The Labute approximate surface area is 140 Å². The lowest BCUT2D eigenvalue weighted by Crippen LogP contribution is -2.19. The van der Waals surface area contributed by atoms with Crippen LogP contribution < -0.4 is 9.47 Å². The Morgan fingerprint density at radius 2 is 1.95 bits per heavy atom. The summed E-state index contributed by atoms with van der Waals surface area (Å²) in [6, 6.07) is 11.4. The summed E-state index contributed by atoms with van der Waals surface area (Å²) in [7, 11) is 1.63. The number of halogens is 2. The van der Waals surface area contributed by atoms with Crippen LogP contribution in [0.4, 0.5) is 0 Å². The van der Waals surface area contributed by atoms with Crippen molar-refractivity contribution in [2.75, 3.05) is 7.11 Å². The molecule has 0 amide bonds. The van der Waals surface area contributed by atoms with Crippen LogP contribution in [0.2, 0.25) is 0 Å². The minimum absolute atomic E-state index is 0.216. The van der Waals surface area contributed by atoms with Gasteiger partial charge in [-0.25, -0.2) is 0 Å². The molecule has 110 valence electrons. The molecule has 0 saturated carbocycles. The molecular weight excluding hydrogens is 400 g/mol. The fourth-order valence-electron chi connectivity index (χ4n) is 2.50. The van der Waals surface area contributed by atoms with E-state index < -0.39 is 6.10 Å². The van der Waals surface area contributed by atoms with Crippen molar-refractivity contribution in [1.82, 2.24) is 0 Å². The van der Waals surface area contributed by atoms with Crippen LogP contribution in [0.25, 0.3) is 0 Å². The predicted molar refractivity (Wildman–Crippen MR) is 87.8 cm³/mol. The second kappa shape index (κ2) is 5.99. The smallest absolute Gasteiger partial charge is 0.128 e. The molecule has 2 aromatic carbocycles. The predicted octanol–water partition coefficient (Wildman–Crippen LogP) is 4.78. The van der Waals surface area contributed by atoms with Gasteiger partial charge in [0.15, 0.2) is 0 Å². The lowest BCUT2D eigenvalue weighted by atomic mass is 9.95. The van der Waals surface area contributed by atoms with Gasteiger partial charge >= 0.3 is 0 Å². The van der Waals surface area contributed by atoms with Crippen LogP contribution >= 0.6 is 31.9 Å². The number of aliphatic hydroxyl groups is 1. The SMILES string of the molecule is COc1ccc(Br)c(C2C[C@H](O)c3ccc(Br)cc3O2)c1. The first kappa shape index (κ1) is 14.9. The highest BCUT2D eigenvalue weighted by molar-refractivity contribution is 9.10. The normalized spacial score (nSPS) is 20.6. The van der Waals surface area contributed by atoms with Gasteiger partial charge in [0.25, 0.3) is 0 Å². The third kappa shape index (κ3) is 2.96. The molecule has 0 aliphatic carbocycles. The molecule has 1 heterocycles. The molecule has 0 saturated heterocycles. The summed E-state index contributed by atoms with van der Waals surface area (Å²) in [6.07, 6.45) is -0.239. The van der Waals surface area contributed by atoms with E-state index in [1.165, 1.54) is 0 Å². The summed E-state index contributed by atoms with van der Waals surface area (Å²) < 4.78 is 13.2. The average Bonchev–Trinajstić information content (AvgIpc) is 2.47. The van der Waals surface area contributed by atoms with Crippen LogP contribution in [-0.2, 0) is 0 Å². The highest BCUT2D eigenvalue weighted by Gasteiger charge is 2.29. The van der Waals surface area contributed by atoms with E-state index in [2.05, 4.69) is 31.9 Å². The van der Waals surface area contributed by atoms with E-state index in [1.54, 1.807) is 7.11 Å². The second-order valence-electron chi connectivity index (χ2n) is 4.93. The summed E-state index contributed by atoms with van der Waals surface area (Å²) in [4.78, 5) is 0. The van der Waals surface area contributed by atoms with Gasteiger partial charge in [-0.15, -0.1) is 0 Å². The Bertz CT molecular complexity index is 673. The van der Waals surface area contributed by atoms with E-state index in [-0.39, 0.29) is 6.10 Å². The molecule has 0 spiro atoms. The summed E-state index contributed by atoms with van der Waals surface area (Å²) >= 11 is 6.98. The van der Waals surface area contributed by atoms with E-state index in [4.69, 9.17) is 9.47 Å². The molecule has 0 bridgehead atoms. The maximum absolute atomic E-state index is 10.4. The topological polar surface area (TPSA) is 38.7 Å². The van der Waals surface area contributed by atoms with E-state index in [9.17, 15) is 5.11 Å². The summed E-state index contributed by atoms with van der Waals surface area (Å²) in [5.41, 5.74) is 1.80. The first-order valence-electron chi connectivity index (χ1n) is 6.56. The Morgan fingerprint density at radius 1 is 1.14 bits per heavy atom. The molecule has 1 unspecified atom stereocenters. The zero-order valence-electron chi connectivity index (χ0n) is 11.3. The van der Waals surface area contributed by atoms with Gasteiger partial charge < -0.3 is 14.6 Å². The molecule has 2 aromatic rings. The maximum Gasteiger partial charge on any atom is 0.128 e. The van der Waals surface area contributed by atoms with Gasteiger partial charge in [0, 0.05) is 26.5 Å². The number of ether oxygens (including phenoxy) is 2. The first-order chi connectivity index (χ1) is 10.1. The highest BCUT2D eigenvalue weighted by Crippen LogP contribution is 2.43. The van der Waals surface area contributed by atoms with Crippen molar-refractivity contribution in [3.05, 3.63) is 56.5 Å². The van der Waals surface area contributed by atoms with Gasteiger partial charge in [-0.1, -0.05) is 37.9 Å². The van der Waals surface area contributed by atoms with Crippen molar-refractivity contribution >= 4 is 31.9 Å². The highest BCUT2D eigenvalue weighted by atomic mass is 79.9. The van der Waals surface area contributed by atoms with Crippen LogP contribution in [0.1, 0.15) is 29.8 Å². The van der Waals surface area contributed by atoms with Crippen LogP contribution in [0, 0.1) is 0 Å². The minimum atomic E-state index is -0.537. The van der Waals surface area contributed by atoms with Crippen molar-refractivity contribution < 1.29 is 14.6 Å². The Balaban J connectivity index is 1.99. The Morgan fingerprint density at radius 3 is 2.71 bits per heavy atom. The zero-order valence-corrected chi connectivity index (χ0v) is 14.5. The van der Waals surface area contributed by atoms with Gasteiger partial charge in [0.1, 0.15) is 17.6 Å². The lowest BCUT2D eigenvalue weighted by Gasteiger charge is -2.30. The molecule has 0 fully saturated rings. The molecule has 0 aromatic heterocycles. The zero-order chi connectivity index (χ0) is 15.0. The average molecular weight is 414 g/mol. The number of methoxy groups -OCH3 is 1. The molecule has 0 radical (unpaired) electrons. The summed E-state index contributed by atoms with van der Waals surface area (Å²) in [5, 5.41) is 10.4. The lowest BCUT2D eigenvalue weighted by molar-refractivity contribution is 0.0652. The van der Waals surface area contributed by atoms with E-state index >= 15 is 0 Å². The summed E-state index contributed by atoms with van der Waals surface area (Å²) in [6.45, 7) is 0. The monoisotopic (exact) mass is 412 g/mol. The van der Waals surface area contributed by atoms with Crippen molar-refractivity contribution in [2.24, 2.45) is 0 Å². The van der Waals surface area contributed by atoms with Gasteiger partial charge in [0.05, 0.1) is 13.2 Å². The van der Waals surface area contributed by atoms with Gasteiger partial charge in [-0.2, -0.15) is 0 Å². The quantitative estimate of drug-likeness (QED) is 0.769. The molecule has 3 rings (SSSR count). The van der Waals surface area contributed by atoms with E-state index in [1.807, 2.05) is 36.4 Å². The largest absolute Gasteiger partial charge is 0.497 e. The van der Waals surface area contributed by atoms with Crippen LogP contribution in [0.5, 0.6) is 11.5 Å². The fraction of sp³-hybridized carbons (Fsp3) is 0.250. The Hall–Kier alpha value is -1.04. The summed E-state index contributed by atoms with van der Waals surface area (Å²) in [5.74, 6) is 1.48. The number of rotatable bonds is 2. The van der Waals surface area contributed by atoms with Crippen molar-refractivity contribution in [3.63, 3.8) is 0 Å². The third-order valence-electron chi connectivity index (χ3n) is 3.59. The Kier molecular flexibility index (Phi) is 4.24. The molecule has 5 heteroatoms. The fourth-order valence-corrected chi connectivity index (χ4v) is 3.34. The molecular formula is C16H14Br2O3. The molecule has 1 aliphatic rings. The number of hydrogen-bond donors (Lipinski definition) is 1. The molecule has 3 nitrogen and oxygen atoms in total. The standard InChI is InChI=1S/C16H14Br2O3/c1-20-10-3-5-13(18)12(7-10)16-8-14(19)11-4-2-9(17)6-15(11)21-16/h2-7,14,16,19H,8H2,1H3/t14-,16?/m0/s1. The van der Waals surface area contributed by atoms with Crippen molar-refractivity contribution in [3.8, 4) is 11.5 Å². The number of hydrogen-bond acceptors (Lipinski definition) is 3.